The summed E-state index contributed by atoms with van der Waals surface area (Å²) in [5.41, 5.74) is 16.0. The zero-order valence-electron chi connectivity index (χ0n) is 26.5. The lowest BCUT2D eigenvalue weighted by Crippen LogP contribution is -1.91. The van der Waals surface area contributed by atoms with Crippen LogP contribution in [0, 0.1) is 0 Å². The third kappa shape index (κ3) is 6.23. The molecule has 226 valence electrons. The van der Waals surface area contributed by atoms with Gasteiger partial charge < -0.3 is 0 Å². The van der Waals surface area contributed by atoms with Crippen LogP contribution in [0.2, 0.25) is 0 Å². The minimum Gasteiger partial charge on any atom is -0.248 e. The summed E-state index contributed by atoms with van der Waals surface area (Å²) < 4.78 is 0. The number of hydrogen-bond acceptors (Lipinski definition) is 1. The molecule has 1 heterocycles. The summed E-state index contributed by atoms with van der Waals surface area (Å²) in [5, 5.41) is 0. The van der Waals surface area contributed by atoms with E-state index >= 15 is 0 Å². The molecule has 0 saturated carbocycles. The van der Waals surface area contributed by atoms with Crippen molar-refractivity contribution in [2.24, 2.45) is 0 Å². The second-order valence-corrected chi connectivity index (χ2v) is 12.1. The van der Waals surface area contributed by atoms with Crippen LogP contribution >= 0.6 is 0 Å². The van der Waals surface area contributed by atoms with Crippen LogP contribution in [0.3, 0.4) is 0 Å². The predicted molar refractivity (Wildman–Crippen MR) is 202 cm³/mol. The molecule has 0 atom stereocenters. The van der Waals surface area contributed by atoms with Gasteiger partial charge in [-0.3, -0.25) is 0 Å². The standard InChI is InChI=1S/C47H33N/c1-5-15-34(16-6-1)42-29-43(35-17-7-2-8-18-35)31-44(30-42)40-25-13-23-38(27-40)39-24-14-26-41(28-39)45-32-46(36-19-9-3-10-20-36)48-47(33-45)37-21-11-4-12-22-37/h1-33H. The molecule has 0 bridgehead atoms. The Balaban J connectivity index is 1.21. The predicted octanol–water partition coefficient (Wildman–Crippen LogP) is 12.8. The Morgan fingerprint density at radius 1 is 0.188 bits per heavy atom. The van der Waals surface area contributed by atoms with Crippen LogP contribution in [0.4, 0.5) is 0 Å². The van der Waals surface area contributed by atoms with E-state index in [4.69, 9.17) is 4.98 Å². The first kappa shape index (κ1) is 29.1. The quantitative estimate of drug-likeness (QED) is 0.175. The van der Waals surface area contributed by atoms with Crippen molar-refractivity contribution in [3.63, 3.8) is 0 Å². The van der Waals surface area contributed by atoms with Gasteiger partial charge in [-0.2, -0.15) is 0 Å². The molecule has 0 saturated heterocycles. The molecule has 1 heteroatoms. The fourth-order valence-corrected chi connectivity index (χ4v) is 6.36. The number of rotatable bonds is 7. The molecule has 7 aromatic carbocycles. The lowest BCUT2D eigenvalue weighted by atomic mass is 9.91. The zero-order valence-corrected chi connectivity index (χ0v) is 26.5. The van der Waals surface area contributed by atoms with Crippen LogP contribution < -0.4 is 0 Å². The van der Waals surface area contributed by atoms with Crippen molar-refractivity contribution in [3.8, 4) is 78.1 Å². The SMILES string of the molecule is c1ccc(-c2cc(-c3ccccc3)cc(-c3cccc(-c4cccc(-c5cc(-c6ccccc6)nc(-c6ccccc6)c5)c4)c3)c2)cc1. The van der Waals surface area contributed by atoms with Gasteiger partial charge in [-0.05, 0) is 98.1 Å². The summed E-state index contributed by atoms with van der Waals surface area (Å²) in [7, 11) is 0. The highest BCUT2D eigenvalue weighted by Crippen LogP contribution is 2.36. The van der Waals surface area contributed by atoms with E-state index in [0.29, 0.717) is 0 Å². The molecule has 0 fully saturated rings. The third-order valence-electron chi connectivity index (χ3n) is 8.84. The highest BCUT2D eigenvalue weighted by atomic mass is 14.7. The molecule has 0 N–H and O–H groups in total. The zero-order chi connectivity index (χ0) is 32.1. The van der Waals surface area contributed by atoms with E-state index in [-0.39, 0.29) is 0 Å². The van der Waals surface area contributed by atoms with Gasteiger partial charge in [0.1, 0.15) is 0 Å². The molecule has 0 radical (unpaired) electrons. The van der Waals surface area contributed by atoms with Crippen molar-refractivity contribution in [2.45, 2.75) is 0 Å². The molecule has 8 rings (SSSR count). The Morgan fingerprint density at radius 3 is 0.812 bits per heavy atom. The van der Waals surface area contributed by atoms with Gasteiger partial charge in [0.05, 0.1) is 11.4 Å². The smallest absolute Gasteiger partial charge is 0.0715 e. The van der Waals surface area contributed by atoms with E-state index in [2.05, 4.69) is 188 Å². The highest BCUT2D eigenvalue weighted by molar-refractivity contribution is 5.84. The average Bonchev–Trinajstić information content (AvgIpc) is 3.19. The Hall–Kier alpha value is -6.31. The van der Waals surface area contributed by atoms with Gasteiger partial charge >= 0.3 is 0 Å². The molecular formula is C47H33N. The number of aromatic nitrogens is 1. The Labute approximate surface area is 282 Å². The van der Waals surface area contributed by atoms with E-state index in [9.17, 15) is 0 Å². The van der Waals surface area contributed by atoms with Crippen molar-refractivity contribution < 1.29 is 0 Å². The van der Waals surface area contributed by atoms with E-state index in [1.54, 1.807) is 0 Å². The van der Waals surface area contributed by atoms with Crippen LogP contribution in [0.15, 0.2) is 200 Å². The van der Waals surface area contributed by atoms with Gasteiger partial charge in [0.15, 0.2) is 0 Å². The van der Waals surface area contributed by atoms with E-state index < -0.39 is 0 Å². The van der Waals surface area contributed by atoms with Crippen LogP contribution in [0.5, 0.6) is 0 Å². The van der Waals surface area contributed by atoms with Crippen LogP contribution in [-0.4, -0.2) is 4.98 Å². The van der Waals surface area contributed by atoms with Crippen LogP contribution in [0.25, 0.3) is 78.1 Å². The third-order valence-corrected chi connectivity index (χ3v) is 8.84. The molecule has 48 heavy (non-hydrogen) atoms. The maximum Gasteiger partial charge on any atom is 0.0715 e. The monoisotopic (exact) mass is 611 g/mol. The number of pyridine rings is 1. The molecule has 0 aliphatic rings. The molecule has 0 spiro atoms. The van der Waals surface area contributed by atoms with Crippen LogP contribution in [-0.2, 0) is 0 Å². The van der Waals surface area contributed by atoms with E-state index in [1.807, 2.05) is 12.1 Å². The molecular weight excluding hydrogens is 579 g/mol. The lowest BCUT2D eigenvalue weighted by molar-refractivity contribution is 1.32. The van der Waals surface area contributed by atoms with E-state index in [0.717, 1.165) is 33.6 Å². The summed E-state index contributed by atoms with van der Waals surface area (Å²) in [6.07, 6.45) is 0. The number of hydrogen-bond donors (Lipinski definition) is 0. The normalized spacial score (nSPS) is 10.9. The molecule has 0 aliphatic carbocycles. The first-order valence-electron chi connectivity index (χ1n) is 16.4. The van der Waals surface area contributed by atoms with Gasteiger partial charge in [0.2, 0.25) is 0 Å². The first-order chi connectivity index (χ1) is 23.8. The number of benzene rings is 7. The summed E-state index contributed by atoms with van der Waals surface area (Å²) in [4.78, 5) is 5.08. The Bertz CT molecular complexity index is 2020. The summed E-state index contributed by atoms with van der Waals surface area (Å²) >= 11 is 0. The van der Waals surface area contributed by atoms with Crippen molar-refractivity contribution >= 4 is 0 Å². The van der Waals surface area contributed by atoms with Gasteiger partial charge in [0, 0.05) is 11.1 Å². The molecule has 0 unspecified atom stereocenters. The van der Waals surface area contributed by atoms with Crippen LogP contribution in [0.1, 0.15) is 0 Å². The number of nitrogens with zero attached hydrogens (tertiary/aromatic N) is 1. The summed E-state index contributed by atoms with van der Waals surface area (Å²) in [6, 6.07) is 71.2. The molecule has 1 aromatic heterocycles. The van der Waals surface area contributed by atoms with Gasteiger partial charge in [0.25, 0.3) is 0 Å². The second-order valence-electron chi connectivity index (χ2n) is 12.1. The van der Waals surface area contributed by atoms with Gasteiger partial charge in [-0.15, -0.1) is 0 Å². The minimum absolute atomic E-state index is 0.965. The highest BCUT2D eigenvalue weighted by Gasteiger charge is 2.12. The summed E-state index contributed by atoms with van der Waals surface area (Å²) in [5.74, 6) is 0. The fraction of sp³-hybridized carbons (Fsp3) is 0. The Kier molecular flexibility index (Phi) is 8.01. The summed E-state index contributed by atoms with van der Waals surface area (Å²) in [6.45, 7) is 0. The maximum atomic E-state index is 5.08. The molecule has 0 aliphatic heterocycles. The molecule has 0 amide bonds. The van der Waals surface area contributed by atoms with Crippen molar-refractivity contribution in [1.82, 2.24) is 4.98 Å². The first-order valence-corrected chi connectivity index (χ1v) is 16.4. The van der Waals surface area contributed by atoms with Gasteiger partial charge in [-0.25, -0.2) is 4.98 Å². The van der Waals surface area contributed by atoms with Crippen molar-refractivity contribution in [3.05, 3.63) is 200 Å². The topological polar surface area (TPSA) is 12.9 Å². The molecule has 8 aromatic rings. The molecule has 1 nitrogen and oxygen atoms in total. The lowest BCUT2D eigenvalue weighted by Gasteiger charge is -2.13. The maximum absolute atomic E-state index is 5.08. The van der Waals surface area contributed by atoms with E-state index in [1.165, 1.54) is 44.5 Å². The largest absolute Gasteiger partial charge is 0.248 e. The fourth-order valence-electron chi connectivity index (χ4n) is 6.36. The van der Waals surface area contributed by atoms with Gasteiger partial charge in [-0.1, -0.05) is 158 Å². The van der Waals surface area contributed by atoms with Crippen molar-refractivity contribution in [2.75, 3.05) is 0 Å². The Morgan fingerprint density at radius 2 is 0.438 bits per heavy atom. The average molecular weight is 612 g/mol. The minimum atomic E-state index is 0.965. The van der Waals surface area contributed by atoms with Crippen molar-refractivity contribution in [1.29, 1.82) is 0 Å². The second kappa shape index (κ2) is 13.2.